The average Bonchev–Trinajstić information content (AvgIpc) is 2.60. The fraction of sp³-hybridized carbons (Fsp3) is 0.273. The first kappa shape index (κ1) is 10.5. The van der Waals surface area contributed by atoms with Crippen LogP contribution in [0.5, 0.6) is 0 Å². The summed E-state index contributed by atoms with van der Waals surface area (Å²) in [7, 11) is 0. The molecule has 0 spiro atoms. The number of hydrogen-bond acceptors (Lipinski definition) is 3. The predicted octanol–water partition coefficient (Wildman–Crippen LogP) is 0.706. The van der Waals surface area contributed by atoms with Crippen molar-refractivity contribution >= 4 is 23.3 Å². The molecular formula is C11H12N2O3. The van der Waals surface area contributed by atoms with Gasteiger partial charge in [-0.2, -0.15) is 0 Å². The van der Waals surface area contributed by atoms with E-state index in [1.165, 1.54) is 4.90 Å². The van der Waals surface area contributed by atoms with E-state index in [9.17, 15) is 9.59 Å². The summed E-state index contributed by atoms with van der Waals surface area (Å²) in [5.74, 6) is -1.72. The highest BCUT2D eigenvalue weighted by Gasteiger charge is 2.34. The first-order chi connectivity index (χ1) is 7.58. The summed E-state index contributed by atoms with van der Waals surface area (Å²) < 4.78 is 0. The monoisotopic (exact) mass is 220 g/mol. The van der Waals surface area contributed by atoms with E-state index in [1.54, 1.807) is 24.3 Å². The second-order valence-corrected chi connectivity index (χ2v) is 3.84. The minimum absolute atomic E-state index is 0.0597. The summed E-state index contributed by atoms with van der Waals surface area (Å²) in [5.41, 5.74) is 6.83. The van der Waals surface area contributed by atoms with E-state index in [0.29, 0.717) is 11.4 Å². The number of benzene rings is 1. The smallest absolute Gasteiger partial charge is 0.308 e. The fourth-order valence-electron chi connectivity index (χ4n) is 1.82. The zero-order valence-electron chi connectivity index (χ0n) is 8.59. The first-order valence-electron chi connectivity index (χ1n) is 4.96. The van der Waals surface area contributed by atoms with Crippen LogP contribution in [0.15, 0.2) is 24.3 Å². The molecule has 16 heavy (non-hydrogen) atoms. The molecule has 1 fully saturated rings. The van der Waals surface area contributed by atoms with E-state index in [-0.39, 0.29) is 18.9 Å². The van der Waals surface area contributed by atoms with E-state index in [4.69, 9.17) is 10.8 Å². The van der Waals surface area contributed by atoms with Gasteiger partial charge in [-0.25, -0.2) is 0 Å². The van der Waals surface area contributed by atoms with Crippen LogP contribution in [0.2, 0.25) is 0 Å². The van der Waals surface area contributed by atoms with Crippen molar-refractivity contribution < 1.29 is 14.7 Å². The number of nitrogens with two attached hydrogens (primary N) is 1. The quantitative estimate of drug-likeness (QED) is 0.719. The number of carboxylic acid groups (broad SMARTS) is 1. The Labute approximate surface area is 92.5 Å². The van der Waals surface area contributed by atoms with Crippen LogP contribution in [0.3, 0.4) is 0 Å². The van der Waals surface area contributed by atoms with Crippen LogP contribution in [0, 0.1) is 5.92 Å². The summed E-state index contributed by atoms with van der Waals surface area (Å²) in [6.07, 6.45) is 0.0597. The molecule has 2 rings (SSSR count). The lowest BCUT2D eigenvalue weighted by molar-refractivity contribution is -0.141. The lowest BCUT2D eigenvalue weighted by atomic mass is 10.1. The molecule has 1 amide bonds. The zero-order valence-corrected chi connectivity index (χ0v) is 8.59. The Morgan fingerprint density at radius 1 is 1.50 bits per heavy atom. The van der Waals surface area contributed by atoms with Crippen LogP contribution >= 0.6 is 0 Å². The van der Waals surface area contributed by atoms with Crippen LogP contribution in [0.1, 0.15) is 6.42 Å². The number of anilines is 2. The van der Waals surface area contributed by atoms with Gasteiger partial charge in [0.25, 0.3) is 0 Å². The highest BCUT2D eigenvalue weighted by molar-refractivity contribution is 5.99. The molecule has 0 radical (unpaired) electrons. The standard InChI is InChI=1S/C11H12N2O3/c12-8-2-1-3-9(5-8)13-6-7(11(15)16)4-10(13)14/h1-3,5,7H,4,6,12H2,(H,15,16)/t7-/m0/s1. The van der Waals surface area contributed by atoms with Gasteiger partial charge in [-0.1, -0.05) is 6.07 Å². The molecule has 5 heteroatoms. The number of carbonyl (C=O) groups excluding carboxylic acids is 1. The van der Waals surface area contributed by atoms with Gasteiger partial charge in [0.15, 0.2) is 0 Å². The number of nitrogen functional groups attached to an aromatic ring is 1. The molecular weight excluding hydrogens is 208 g/mol. The van der Waals surface area contributed by atoms with E-state index in [1.807, 2.05) is 0 Å². The van der Waals surface area contributed by atoms with Gasteiger partial charge in [0, 0.05) is 24.3 Å². The lowest BCUT2D eigenvalue weighted by Crippen LogP contribution is -2.25. The van der Waals surface area contributed by atoms with Crippen LogP contribution in [0.25, 0.3) is 0 Å². The molecule has 0 aliphatic carbocycles. The Balaban J connectivity index is 2.23. The third-order valence-electron chi connectivity index (χ3n) is 2.66. The fourth-order valence-corrected chi connectivity index (χ4v) is 1.82. The molecule has 1 aliphatic rings. The maximum absolute atomic E-state index is 11.6. The van der Waals surface area contributed by atoms with Gasteiger partial charge in [0.2, 0.25) is 5.91 Å². The highest BCUT2D eigenvalue weighted by Crippen LogP contribution is 2.26. The number of aliphatic carboxylic acids is 1. The molecule has 1 atom stereocenters. The van der Waals surface area contributed by atoms with Gasteiger partial charge in [0.1, 0.15) is 0 Å². The summed E-state index contributed by atoms with van der Waals surface area (Å²) in [6, 6.07) is 6.88. The van der Waals surface area contributed by atoms with Crippen LogP contribution in [-0.2, 0) is 9.59 Å². The molecule has 5 nitrogen and oxygen atoms in total. The maximum atomic E-state index is 11.6. The van der Waals surface area contributed by atoms with Crippen molar-refractivity contribution in [3.05, 3.63) is 24.3 Å². The van der Waals surface area contributed by atoms with E-state index < -0.39 is 11.9 Å². The van der Waals surface area contributed by atoms with Crippen LogP contribution in [0.4, 0.5) is 11.4 Å². The van der Waals surface area contributed by atoms with Gasteiger partial charge in [-0.3, -0.25) is 9.59 Å². The highest BCUT2D eigenvalue weighted by atomic mass is 16.4. The molecule has 1 aromatic rings. The average molecular weight is 220 g/mol. The minimum atomic E-state index is -0.931. The summed E-state index contributed by atoms with van der Waals surface area (Å²) in [6.45, 7) is 0.220. The molecule has 0 bridgehead atoms. The van der Waals surface area contributed by atoms with Crippen molar-refractivity contribution in [1.82, 2.24) is 0 Å². The molecule has 0 aromatic heterocycles. The van der Waals surface area contributed by atoms with Crippen molar-refractivity contribution in [2.45, 2.75) is 6.42 Å². The van der Waals surface area contributed by atoms with Gasteiger partial charge in [-0.15, -0.1) is 0 Å². The summed E-state index contributed by atoms with van der Waals surface area (Å²) in [4.78, 5) is 23.9. The number of carbonyl (C=O) groups is 2. The molecule has 1 aliphatic heterocycles. The predicted molar refractivity (Wildman–Crippen MR) is 59.0 cm³/mol. The second-order valence-electron chi connectivity index (χ2n) is 3.84. The Hall–Kier alpha value is -2.04. The van der Waals surface area contributed by atoms with Gasteiger partial charge < -0.3 is 15.7 Å². The normalized spacial score (nSPS) is 20.1. The van der Waals surface area contributed by atoms with E-state index >= 15 is 0 Å². The Bertz CT molecular complexity index is 445. The summed E-state index contributed by atoms with van der Waals surface area (Å²) in [5, 5.41) is 8.85. The first-order valence-corrected chi connectivity index (χ1v) is 4.96. The number of hydrogen-bond donors (Lipinski definition) is 2. The van der Waals surface area contributed by atoms with Gasteiger partial charge in [-0.05, 0) is 18.2 Å². The number of carboxylic acids is 1. The van der Waals surface area contributed by atoms with Crippen molar-refractivity contribution in [3.8, 4) is 0 Å². The van der Waals surface area contributed by atoms with Gasteiger partial charge >= 0.3 is 5.97 Å². The van der Waals surface area contributed by atoms with E-state index in [2.05, 4.69) is 0 Å². The Kier molecular flexibility index (Phi) is 2.52. The SMILES string of the molecule is Nc1cccc(N2C[C@@H](C(=O)O)CC2=O)c1. The topological polar surface area (TPSA) is 83.6 Å². The molecule has 0 unspecified atom stereocenters. The van der Waals surface area contributed by atoms with Crippen LogP contribution in [-0.4, -0.2) is 23.5 Å². The lowest BCUT2D eigenvalue weighted by Gasteiger charge is -2.16. The largest absolute Gasteiger partial charge is 0.481 e. The molecule has 1 aromatic carbocycles. The third-order valence-corrected chi connectivity index (χ3v) is 2.66. The molecule has 84 valence electrons. The summed E-state index contributed by atoms with van der Waals surface area (Å²) >= 11 is 0. The maximum Gasteiger partial charge on any atom is 0.308 e. The van der Waals surface area contributed by atoms with E-state index in [0.717, 1.165) is 0 Å². The molecule has 3 N–H and O–H groups in total. The number of nitrogens with zero attached hydrogens (tertiary/aromatic N) is 1. The minimum Gasteiger partial charge on any atom is -0.481 e. The molecule has 1 heterocycles. The van der Waals surface area contributed by atoms with Crippen molar-refractivity contribution in [2.75, 3.05) is 17.2 Å². The van der Waals surface area contributed by atoms with Crippen molar-refractivity contribution in [3.63, 3.8) is 0 Å². The zero-order chi connectivity index (χ0) is 11.7. The van der Waals surface area contributed by atoms with Crippen molar-refractivity contribution in [1.29, 1.82) is 0 Å². The molecule has 0 saturated carbocycles. The Morgan fingerprint density at radius 3 is 2.81 bits per heavy atom. The Morgan fingerprint density at radius 2 is 2.25 bits per heavy atom. The third kappa shape index (κ3) is 1.84. The van der Waals surface area contributed by atoms with Crippen LogP contribution < -0.4 is 10.6 Å². The van der Waals surface area contributed by atoms with Gasteiger partial charge in [0.05, 0.1) is 5.92 Å². The second kappa shape index (κ2) is 3.84. The van der Waals surface area contributed by atoms with Crippen molar-refractivity contribution in [2.24, 2.45) is 5.92 Å². The number of amides is 1. The number of rotatable bonds is 2. The molecule has 1 saturated heterocycles.